The second-order valence-electron chi connectivity index (χ2n) is 2.27. The number of benzene rings is 1. The van der Waals surface area contributed by atoms with E-state index in [1.165, 1.54) is 19.2 Å². The minimum Gasteiger partial charge on any atom is -0.399 e. The molecular formula is C9H8F2NO. The SMILES string of the molecule is CO/N=[C]\c1ccccc1C(F)F. The van der Waals surface area contributed by atoms with Crippen molar-refractivity contribution in [1.82, 2.24) is 0 Å². The molecule has 1 rings (SSSR count). The van der Waals surface area contributed by atoms with E-state index in [9.17, 15) is 8.78 Å². The molecule has 0 atom stereocenters. The summed E-state index contributed by atoms with van der Waals surface area (Å²) in [4.78, 5) is 4.35. The predicted octanol–water partition coefficient (Wildman–Crippen LogP) is 2.48. The molecule has 0 aromatic heterocycles. The highest BCUT2D eigenvalue weighted by Gasteiger charge is 2.10. The largest absolute Gasteiger partial charge is 0.399 e. The van der Waals surface area contributed by atoms with Crippen LogP contribution < -0.4 is 0 Å². The fraction of sp³-hybridized carbons (Fsp3) is 0.222. The van der Waals surface area contributed by atoms with Crippen molar-refractivity contribution in [1.29, 1.82) is 0 Å². The van der Waals surface area contributed by atoms with Crippen molar-refractivity contribution in [3.8, 4) is 0 Å². The lowest BCUT2D eigenvalue weighted by molar-refractivity contribution is 0.151. The van der Waals surface area contributed by atoms with Crippen LogP contribution in [0.5, 0.6) is 0 Å². The maximum Gasteiger partial charge on any atom is 0.264 e. The zero-order valence-corrected chi connectivity index (χ0v) is 7.00. The fourth-order valence-electron chi connectivity index (χ4n) is 0.884. The van der Waals surface area contributed by atoms with Gasteiger partial charge < -0.3 is 4.84 Å². The summed E-state index contributed by atoms with van der Waals surface area (Å²) in [5.41, 5.74) is 0.155. The first-order chi connectivity index (χ1) is 6.25. The van der Waals surface area contributed by atoms with Gasteiger partial charge in [0.25, 0.3) is 6.43 Å². The summed E-state index contributed by atoms with van der Waals surface area (Å²) in [7, 11) is 1.33. The van der Waals surface area contributed by atoms with Crippen LogP contribution in [-0.2, 0) is 4.84 Å². The van der Waals surface area contributed by atoms with Crippen molar-refractivity contribution in [2.45, 2.75) is 6.43 Å². The summed E-state index contributed by atoms with van der Waals surface area (Å²) in [5.74, 6) is 0. The molecule has 0 bridgehead atoms. The number of halogens is 2. The van der Waals surface area contributed by atoms with E-state index in [0.29, 0.717) is 0 Å². The Balaban J connectivity index is 2.97. The van der Waals surface area contributed by atoms with Crippen LogP contribution in [0.2, 0.25) is 0 Å². The van der Waals surface area contributed by atoms with Gasteiger partial charge in [0.05, 0.1) is 0 Å². The molecule has 1 aromatic rings. The Morgan fingerprint density at radius 3 is 2.69 bits per heavy atom. The topological polar surface area (TPSA) is 21.6 Å². The molecule has 0 saturated heterocycles. The monoisotopic (exact) mass is 184 g/mol. The highest BCUT2D eigenvalue weighted by Crippen LogP contribution is 2.21. The second-order valence-corrected chi connectivity index (χ2v) is 2.27. The van der Waals surface area contributed by atoms with Crippen LogP contribution in [-0.4, -0.2) is 13.3 Å². The Morgan fingerprint density at radius 1 is 1.38 bits per heavy atom. The van der Waals surface area contributed by atoms with Gasteiger partial charge in [0, 0.05) is 11.1 Å². The average Bonchev–Trinajstić information content (AvgIpc) is 2.15. The minimum atomic E-state index is -2.52. The van der Waals surface area contributed by atoms with Crippen molar-refractivity contribution >= 4 is 6.21 Å². The third-order valence-electron chi connectivity index (χ3n) is 1.45. The van der Waals surface area contributed by atoms with Gasteiger partial charge in [0.2, 0.25) is 0 Å². The van der Waals surface area contributed by atoms with Crippen molar-refractivity contribution in [2.75, 3.05) is 7.11 Å². The smallest absolute Gasteiger partial charge is 0.264 e. The van der Waals surface area contributed by atoms with Gasteiger partial charge in [0.15, 0.2) is 0 Å². The molecule has 0 fully saturated rings. The van der Waals surface area contributed by atoms with Crippen molar-refractivity contribution in [2.24, 2.45) is 5.16 Å². The molecule has 2 nitrogen and oxygen atoms in total. The lowest BCUT2D eigenvalue weighted by Gasteiger charge is -2.01. The molecule has 0 aliphatic carbocycles. The maximum atomic E-state index is 12.3. The van der Waals surface area contributed by atoms with Gasteiger partial charge in [-0.1, -0.05) is 29.4 Å². The summed E-state index contributed by atoms with van der Waals surface area (Å²) >= 11 is 0. The molecule has 0 spiro atoms. The molecular weight excluding hydrogens is 176 g/mol. The molecule has 0 aliphatic heterocycles. The van der Waals surface area contributed by atoms with Crippen LogP contribution in [0.1, 0.15) is 17.6 Å². The van der Waals surface area contributed by atoms with E-state index in [2.05, 4.69) is 16.2 Å². The van der Waals surface area contributed by atoms with Gasteiger partial charge in [-0.2, -0.15) is 0 Å². The van der Waals surface area contributed by atoms with Crippen LogP contribution in [0.15, 0.2) is 29.4 Å². The lowest BCUT2D eigenvalue weighted by Crippen LogP contribution is -1.92. The maximum absolute atomic E-state index is 12.3. The molecule has 0 heterocycles. The van der Waals surface area contributed by atoms with E-state index in [4.69, 9.17) is 0 Å². The summed E-state index contributed by atoms with van der Waals surface area (Å²) in [6, 6.07) is 6.01. The summed E-state index contributed by atoms with van der Waals surface area (Å²) < 4.78 is 24.7. The van der Waals surface area contributed by atoms with E-state index >= 15 is 0 Å². The number of rotatable bonds is 3. The molecule has 0 aliphatic rings. The third kappa shape index (κ3) is 2.50. The van der Waals surface area contributed by atoms with E-state index in [1.54, 1.807) is 12.1 Å². The van der Waals surface area contributed by atoms with Gasteiger partial charge in [0.1, 0.15) is 13.3 Å². The second kappa shape index (κ2) is 4.54. The van der Waals surface area contributed by atoms with Gasteiger partial charge >= 0.3 is 0 Å². The molecule has 1 radical (unpaired) electrons. The van der Waals surface area contributed by atoms with Crippen LogP contribution in [0.4, 0.5) is 8.78 Å². The van der Waals surface area contributed by atoms with E-state index < -0.39 is 6.43 Å². The first-order valence-electron chi connectivity index (χ1n) is 3.62. The Hall–Kier alpha value is -1.45. The quantitative estimate of drug-likeness (QED) is 0.522. The van der Waals surface area contributed by atoms with Crippen molar-refractivity contribution < 1.29 is 13.6 Å². The van der Waals surface area contributed by atoms with E-state index in [-0.39, 0.29) is 11.1 Å². The normalized spacial score (nSPS) is 11.1. The first kappa shape index (κ1) is 9.64. The molecule has 0 saturated carbocycles. The number of alkyl halides is 2. The third-order valence-corrected chi connectivity index (χ3v) is 1.45. The van der Waals surface area contributed by atoms with Gasteiger partial charge in [-0.05, 0) is 0 Å². The lowest BCUT2D eigenvalue weighted by atomic mass is 10.1. The Morgan fingerprint density at radius 2 is 2.08 bits per heavy atom. The summed E-state index contributed by atoms with van der Waals surface area (Å²) in [6.45, 7) is 0. The van der Waals surface area contributed by atoms with Crippen LogP contribution >= 0.6 is 0 Å². The first-order valence-corrected chi connectivity index (χ1v) is 3.62. The molecule has 4 heteroatoms. The van der Waals surface area contributed by atoms with Crippen molar-refractivity contribution in [3.05, 3.63) is 35.4 Å². The van der Waals surface area contributed by atoms with Gasteiger partial charge in [-0.3, -0.25) is 0 Å². The standard InChI is InChI=1S/C9H8F2NO/c1-13-12-6-7-4-2-3-5-8(7)9(10)11/h2-5,9H,1H3. The van der Waals surface area contributed by atoms with E-state index in [0.717, 1.165) is 0 Å². The van der Waals surface area contributed by atoms with Crippen LogP contribution in [0.3, 0.4) is 0 Å². The molecule has 0 unspecified atom stereocenters. The number of hydrogen-bond acceptors (Lipinski definition) is 2. The zero-order valence-electron chi connectivity index (χ0n) is 7.00. The van der Waals surface area contributed by atoms with Gasteiger partial charge in [-0.15, -0.1) is 0 Å². The summed E-state index contributed by atoms with van der Waals surface area (Å²) in [5, 5.41) is 3.30. The molecule has 0 N–H and O–H groups in total. The highest BCUT2D eigenvalue weighted by molar-refractivity contribution is 5.81. The highest BCUT2D eigenvalue weighted by atomic mass is 19.3. The zero-order chi connectivity index (χ0) is 9.68. The summed E-state index contributed by atoms with van der Waals surface area (Å²) in [6.07, 6.45) is -0.151. The number of hydrogen-bond donors (Lipinski definition) is 0. The molecule has 0 amide bonds. The average molecular weight is 184 g/mol. The van der Waals surface area contributed by atoms with Crippen LogP contribution in [0.25, 0.3) is 0 Å². The van der Waals surface area contributed by atoms with Gasteiger partial charge in [-0.25, -0.2) is 8.78 Å². The van der Waals surface area contributed by atoms with Crippen molar-refractivity contribution in [3.63, 3.8) is 0 Å². The fourth-order valence-corrected chi connectivity index (χ4v) is 0.884. The molecule has 1 aromatic carbocycles. The Labute approximate surface area is 74.8 Å². The molecule has 69 valence electrons. The van der Waals surface area contributed by atoms with E-state index in [1.807, 2.05) is 0 Å². The predicted molar refractivity (Wildman–Crippen MR) is 44.9 cm³/mol. The molecule has 13 heavy (non-hydrogen) atoms. The Bertz CT molecular complexity index is 299. The Kier molecular flexibility index (Phi) is 3.37. The van der Waals surface area contributed by atoms with Crippen LogP contribution in [0, 0.1) is 0 Å². The minimum absolute atomic E-state index is 0.0942. The number of nitrogens with zero attached hydrogens (tertiary/aromatic N) is 1.